The van der Waals surface area contributed by atoms with E-state index < -0.39 is 0 Å². The van der Waals surface area contributed by atoms with Gasteiger partial charge in [-0.3, -0.25) is 9.69 Å². The van der Waals surface area contributed by atoms with E-state index in [0.717, 1.165) is 35.3 Å². The Morgan fingerprint density at radius 1 is 1.06 bits per heavy atom. The van der Waals surface area contributed by atoms with Crippen LogP contribution in [0.5, 0.6) is 5.75 Å². The number of carbonyl (C=O) groups excluding carboxylic acids is 1. The van der Waals surface area contributed by atoms with Crippen molar-refractivity contribution in [3.05, 3.63) is 65.7 Å². The normalized spacial score (nSPS) is 15.0. The van der Waals surface area contributed by atoms with Crippen LogP contribution in [0.15, 0.2) is 53.1 Å². The number of methoxy groups -OCH3 is 1. The lowest BCUT2D eigenvalue weighted by atomic mass is 9.87. The van der Waals surface area contributed by atoms with Crippen molar-refractivity contribution >= 4 is 16.8 Å². The van der Waals surface area contributed by atoms with Gasteiger partial charge in [0, 0.05) is 42.6 Å². The number of aromatic nitrogens is 3. The van der Waals surface area contributed by atoms with Crippen LogP contribution in [0, 0.1) is 0 Å². The van der Waals surface area contributed by atoms with Crippen molar-refractivity contribution < 1.29 is 14.1 Å². The SMILES string of the molecule is COc1ccc(-c2noc(CN3CCN(C(=O)c4cc5ccc(C(C)(C)C)cc5[nH]4)CC3)n2)cc1. The summed E-state index contributed by atoms with van der Waals surface area (Å²) in [5.41, 5.74) is 3.83. The van der Waals surface area contributed by atoms with Crippen LogP contribution >= 0.6 is 0 Å². The number of hydrogen-bond donors (Lipinski definition) is 1. The zero-order valence-electron chi connectivity index (χ0n) is 20.7. The fourth-order valence-electron chi connectivity index (χ4n) is 4.36. The highest BCUT2D eigenvalue weighted by atomic mass is 16.5. The second kappa shape index (κ2) is 9.19. The topological polar surface area (TPSA) is 87.5 Å². The van der Waals surface area contributed by atoms with Gasteiger partial charge in [0.05, 0.1) is 13.7 Å². The van der Waals surface area contributed by atoms with Gasteiger partial charge < -0.3 is 19.1 Å². The number of fused-ring (bicyclic) bond motifs is 1. The number of H-pyrrole nitrogens is 1. The van der Waals surface area contributed by atoms with Gasteiger partial charge in [-0.1, -0.05) is 38.1 Å². The van der Waals surface area contributed by atoms with E-state index in [1.54, 1.807) is 7.11 Å². The second-order valence-corrected chi connectivity index (χ2v) is 10.0. The van der Waals surface area contributed by atoms with E-state index in [-0.39, 0.29) is 11.3 Å². The first-order valence-electron chi connectivity index (χ1n) is 11.9. The fraction of sp³-hybridized carbons (Fsp3) is 0.370. The van der Waals surface area contributed by atoms with E-state index in [4.69, 9.17) is 9.26 Å². The lowest BCUT2D eigenvalue weighted by Gasteiger charge is -2.33. The number of carbonyl (C=O) groups is 1. The third-order valence-corrected chi connectivity index (χ3v) is 6.55. The lowest BCUT2D eigenvalue weighted by molar-refractivity contribution is 0.0610. The van der Waals surface area contributed by atoms with Crippen LogP contribution in [0.25, 0.3) is 22.3 Å². The van der Waals surface area contributed by atoms with Crippen molar-refractivity contribution in [2.24, 2.45) is 0 Å². The van der Waals surface area contributed by atoms with Crippen LogP contribution in [0.3, 0.4) is 0 Å². The molecule has 0 radical (unpaired) electrons. The molecule has 2 aromatic carbocycles. The number of piperazine rings is 1. The summed E-state index contributed by atoms with van der Waals surface area (Å²) in [6.45, 7) is 9.94. The summed E-state index contributed by atoms with van der Waals surface area (Å²) in [5.74, 6) is 1.95. The molecule has 0 saturated carbocycles. The molecular weight excluding hydrogens is 442 g/mol. The molecule has 0 unspecified atom stereocenters. The summed E-state index contributed by atoms with van der Waals surface area (Å²) in [7, 11) is 1.64. The number of nitrogens with zero attached hydrogens (tertiary/aromatic N) is 4. The molecule has 1 aliphatic heterocycles. The molecule has 1 N–H and O–H groups in total. The summed E-state index contributed by atoms with van der Waals surface area (Å²) in [4.78, 5) is 25.2. The van der Waals surface area contributed by atoms with Gasteiger partial charge in [-0.15, -0.1) is 0 Å². The Balaban J connectivity index is 1.19. The largest absolute Gasteiger partial charge is 0.497 e. The number of amides is 1. The molecular formula is C27H31N5O3. The third kappa shape index (κ3) is 4.93. The van der Waals surface area contributed by atoms with Crippen LogP contribution in [-0.2, 0) is 12.0 Å². The Morgan fingerprint density at radius 2 is 1.80 bits per heavy atom. The Bertz CT molecular complexity index is 1330. The summed E-state index contributed by atoms with van der Waals surface area (Å²) < 4.78 is 10.7. The summed E-state index contributed by atoms with van der Waals surface area (Å²) in [6.07, 6.45) is 0. The van der Waals surface area contributed by atoms with Crippen LogP contribution in [0.2, 0.25) is 0 Å². The molecule has 1 amide bonds. The zero-order chi connectivity index (χ0) is 24.6. The van der Waals surface area contributed by atoms with E-state index in [2.05, 4.69) is 59.0 Å². The molecule has 5 rings (SSSR count). The number of nitrogens with one attached hydrogen (secondary N) is 1. The third-order valence-electron chi connectivity index (χ3n) is 6.55. The minimum Gasteiger partial charge on any atom is -0.497 e. The molecule has 4 aromatic rings. The Hall–Kier alpha value is -3.65. The smallest absolute Gasteiger partial charge is 0.270 e. The first kappa shape index (κ1) is 23.1. The molecule has 1 aliphatic rings. The molecule has 3 heterocycles. The van der Waals surface area contributed by atoms with Gasteiger partial charge in [-0.2, -0.15) is 4.98 Å². The first-order chi connectivity index (χ1) is 16.8. The maximum absolute atomic E-state index is 13.1. The van der Waals surface area contributed by atoms with E-state index in [0.29, 0.717) is 37.0 Å². The minimum atomic E-state index is 0.0396. The standard InChI is InChI=1S/C27H31N5O3/c1-27(2,3)20-8-5-19-15-23(28-22(19)16-20)26(33)32-13-11-31(12-14-32)17-24-29-25(30-35-24)18-6-9-21(34-4)10-7-18/h5-10,15-16,28H,11-14,17H2,1-4H3. The molecule has 8 heteroatoms. The summed E-state index contributed by atoms with van der Waals surface area (Å²) in [5, 5.41) is 5.17. The van der Waals surface area contributed by atoms with E-state index in [1.165, 1.54) is 5.56 Å². The predicted octanol–water partition coefficient (Wildman–Crippen LogP) is 4.48. The quantitative estimate of drug-likeness (QED) is 0.460. The van der Waals surface area contributed by atoms with Crippen molar-refractivity contribution in [1.29, 1.82) is 0 Å². The molecule has 35 heavy (non-hydrogen) atoms. The number of benzene rings is 2. The van der Waals surface area contributed by atoms with Crippen molar-refractivity contribution in [3.8, 4) is 17.1 Å². The van der Waals surface area contributed by atoms with Gasteiger partial charge in [0.1, 0.15) is 11.4 Å². The highest BCUT2D eigenvalue weighted by Crippen LogP contribution is 2.27. The van der Waals surface area contributed by atoms with Gasteiger partial charge in [0.2, 0.25) is 11.7 Å². The van der Waals surface area contributed by atoms with E-state index >= 15 is 0 Å². The average molecular weight is 474 g/mol. The van der Waals surface area contributed by atoms with E-state index in [1.807, 2.05) is 35.2 Å². The molecule has 182 valence electrons. The van der Waals surface area contributed by atoms with Gasteiger partial charge in [0.25, 0.3) is 5.91 Å². The van der Waals surface area contributed by atoms with Gasteiger partial charge in [0.15, 0.2) is 0 Å². The first-order valence-corrected chi connectivity index (χ1v) is 11.9. The highest BCUT2D eigenvalue weighted by molar-refractivity contribution is 5.98. The van der Waals surface area contributed by atoms with E-state index in [9.17, 15) is 4.79 Å². The molecule has 1 fully saturated rings. The molecule has 0 spiro atoms. The Labute approximate surface area is 204 Å². The van der Waals surface area contributed by atoms with Crippen molar-refractivity contribution in [3.63, 3.8) is 0 Å². The molecule has 8 nitrogen and oxygen atoms in total. The van der Waals surface area contributed by atoms with Crippen LogP contribution in [0.4, 0.5) is 0 Å². The molecule has 0 aliphatic carbocycles. The van der Waals surface area contributed by atoms with Gasteiger partial charge in [-0.25, -0.2) is 0 Å². The second-order valence-electron chi connectivity index (χ2n) is 10.0. The van der Waals surface area contributed by atoms with Crippen LogP contribution < -0.4 is 4.74 Å². The molecule has 2 aromatic heterocycles. The predicted molar refractivity (Wildman–Crippen MR) is 134 cm³/mol. The summed E-state index contributed by atoms with van der Waals surface area (Å²) >= 11 is 0. The highest BCUT2D eigenvalue weighted by Gasteiger charge is 2.25. The minimum absolute atomic E-state index is 0.0396. The number of aromatic amines is 1. The maximum Gasteiger partial charge on any atom is 0.270 e. The monoisotopic (exact) mass is 473 g/mol. The Kier molecular flexibility index (Phi) is 6.06. The Morgan fingerprint density at radius 3 is 2.49 bits per heavy atom. The van der Waals surface area contributed by atoms with Crippen molar-refractivity contribution in [2.45, 2.75) is 32.7 Å². The van der Waals surface area contributed by atoms with Gasteiger partial charge in [-0.05, 0) is 47.4 Å². The van der Waals surface area contributed by atoms with Gasteiger partial charge >= 0.3 is 0 Å². The fourth-order valence-corrected chi connectivity index (χ4v) is 4.36. The van der Waals surface area contributed by atoms with Crippen molar-refractivity contribution in [2.75, 3.05) is 33.3 Å². The van der Waals surface area contributed by atoms with Crippen LogP contribution in [-0.4, -0.2) is 64.1 Å². The average Bonchev–Trinajstić information content (AvgIpc) is 3.50. The number of rotatable bonds is 5. The van der Waals surface area contributed by atoms with Crippen molar-refractivity contribution in [1.82, 2.24) is 24.9 Å². The lowest BCUT2D eigenvalue weighted by Crippen LogP contribution is -2.48. The number of hydrogen-bond acceptors (Lipinski definition) is 6. The van der Waals surface area contributed by atoms with Crippen LogP contribution in [0.1, 0.15) is 42.7 Å². The molecule has 0 atom stereocenters. The number of ether oxygens (including phenoxy) is 1. The maximum atomic E-state index is 13.1. The molecule has 0 bridgehead atoms. The summed E-state index contributed by atoms with van der Waals surface area (Å²) in [6, 6.07) is 15.9. The molecule has 1 saturated heterocycles. The zero-order valence-corrected chi connectivity index (χ0v) is 20.7.